The minimum atomic E-state index is -0.0508. The SMILES string of the molecule is CCC1CCC(NC(=O)C2CNC(C)CN2)CC1. The zero-order valence-corrected chi connectivity index (χ0v) is 11.7. The van der Waals surface area contributed by atoms with Gasteiger partial charge in [-0.2, -0.15) is 0 Å². The normalized spacial score (nSPS) is 37.2. The van der Waals surface area contributed by atoms with Crippen LogP contribution in [0.4, 0.5) is 0 Å². The molecule has 0 bridgehead atoms. The Kier molecular flexibility index (Phi) is 5.01. The van der Waals surface area contributed by atoms with Crippen LogP contribution in [0.3, 0.4) is 0 Å². The van der Waals surface area contributed by atoms with Crippen molar-refractivity contribution in [2.75, 3.05) is 13.1 Å². The number of rotatable bonds is 3. The second-order valence-corrected chi connectivity index (χ2v) is 5.90. The highest BCUT2D eigenvalue weighted by atomic mass is 16.2. The van der Waals surface area contributed by atoms with Crippen molar-refractivity contribution in [3.63, 3.8) is 0 Å². The van der Waals surface area contributed by atoms with Crippen LogP contribution in [0.2, 0.25) is 0 Å². The zero-order chi connectivity index (χ0) is 13.0. The van der Waals surface area contributed by atoms with Crippen molar-refractivity contribution in [2.45, 2.75) is 64.1 Å². The molecule has 4 nitrogen and oxygen atoms in total. The summed E-state index contributed by atoms with van der Waals surface area (Å²) in [5, 5.41) is 9.85. The van der Waals surface area contributed by atoms with Gasteiger partial charge in [-0.05, 0) is 38.5 Å². The lowest BCUT2D eigenvalue weighted by Crippen LogP contribution is -2.60. The van der Waals surface area contributed by atoms with Gasteiger partial charge in [0.1, 0.15) is 0 Å². The molecule has 3 N–H and O–H groups in total. The standard InChI is InChI=1S/C14H27N3O/c1-3-11-4-6-12(7-5-11)17-14(18)13-9-15-10(2)8-16-13/h10-13,15-16H,3-9H2,1-2H3,(H,17,18). The van der Waals surface area contributed by atoms with Crippen molar-refractivity contribution in [2.24, 2.45) is 5.92 Å². The quantitative estimate of drug-likeness (QED) is 0.704. The topological polar surface area (TPSA) is 53.2 Å². The number of hydrogen-bond acceptors (Lipinski definition) is 3. The minimum absolute atomic E-state index is 0.0508. The fourth-order valence-electron chi connectivity index (χ4n) is 2.98. The fourth-order valence-corrected chi connectivity index (χ4v) is 2.98. The van der Waals surface area contributed by atoms with E-state index in [9.17, 15) is 4.79 Å². The molecule has 2 aliphatic rings. The highest BCUT2D eigenvalue weighted by molar-refractivity contribution is 5.82. The summed E-state index contributed by atoms with van der Waals surface area (Å²) in [4.78, 5) is 12.1. The summed E-state index contributed by atoms with van der Waals surface area (Å²) in [5.41, 5.74) is 0. The van der Waals surface area contributed by atoms with E-state index in [0.717, 1.165) is 31.8 Å². The van der Waals surface area contributed by atoms with E-state index in [4.69, 9.17) is 0 Å². The van der Waals surface area contributed by atoms with Crippen LogP contribution in [-0.4, -0.2) is 37.1 Å². The van der Waals surface area contributed by atoms with E-state index in [0.29, 0.717) is 12.1 Å². The Morgan fingerprint density at radius 1 is 1.17 bits per heavy atom. The van der Waals surface area contributed by atoms with Crippen LogP contribution in [0.25, 0.3) is 0 Å². The molecule has 0 aromatic rings. The molecule has 1 aliphatic carbocycles. The van der Waals surface area contributed by atoms with E-state index >= 15 is 0 Å². The molecule has 2 fully saturated rings. The van der Waals surface area contributed by atoms with Gasteiger partial charge in [-0.15, -0.1) is 0 Å². The third kappa shape index (κ3) is 3.69. The molecule has 2 rings (SSSR count). The maximum Gasteiger partial charge on any atom is 0.238 e. The largest absolute Gasteiger partial charge is 0.352 e. The van der Waals surface area contributed by atoms with Crippen LogP contribution in [0, 0.1) is 5.92 Å². The van der Waals surface area contributed by atoms with Crippen molar-refractivity contribution in [1.82, 2.24) is 16.0 Å². The molecule has 1 heterocycles. The molecular weight excluding hydrogens is 226 g/mol. The molecule has 1 saturated carbocycles. The van der Waals surface area contributed by atoms with E-state index < -0.39 is 0 Å². The van der Waals surface area contributed by atoms with E-state index in [2.05, 4.69) is 29.8 Å². The number of hydrogen-bond donors (Lipinski definition) is 3. The van der Waals surface area contributed by atoms with Crippen molar-refractivity contribution in [1.29, 1.82) is 0 Å². The minimum Gasteiger partial charge on any atom is -0.352 e. The van der Waals surface area contributed by atoms with Crippen LogP contribution in [-0.2, 0) is 4.79 Å². The van der Waals surface area contributed by atoms with Gasteiger partial charge >= 0.3 is 0 Å². The average Bonchev–Trinajstić information content (AvgIpc) is 2.40. The van der Waals surface area contributed by atoms with Crippen LogP contribution in [0.15, 0.2) is 0 Å². The Balaban J connectivity index is 1.71. The maximum absolute atomic E-state index is 12.1. The van der Waals surface area contributed by atoms with Gasteiger partial charge in [-0.3, -0.25) is 4.79 Å². The summed E-state index contributed by atoms with van der Waals surface area (Å²) in [6.45, 7) is 6.02. The molecular formula is C14H27N3O. The monoisotopic (exact) mass is 253 g/mol. The van der Waals surface area contributed by atoms with E-state index in [1.54, 1.807) is 0 Å². The van der Waals surface area contributed by atoms with Gasteiger partial charge in [-0.25, -0.2) is 0 Å². The predicted molar refractivity (Wildman–Crippen MR) is 73.4 cm³/mol. The Hall–Kier alpha value is -0.610. The number of nitrogens with one attached hydrogen (secondary N) is 3. The Bertz CT molecular complexity index is 266. The number of piperazine rings is 1. The third-order valence-electron chi connectivity index (χ3n) is 4.43. The van der Waals surface area contributed by atoms with Crippen molar-refractivity contribution >= 4 is 5.91 Å². The predicted octanol–water partition coefficient (Wildman–Crippen LogP) is 1.02. The van der Waals surface area contributed by atoms with Crippen molar-refractivity contribution in [3.05, 3.63) is 0 Å². The van der Waals surface area contributed by atoms with Gasteiger partial charge in [0.15, 0.2) is 0 Å². The summed E-state index contributed by atoms with van der Waals surface area (Å²) < 4.78 is 0. The molecule has 0 spiro atoms. The summed E-state index contributed by atoms with van der Waals surface area (Å²) in [5.74, 6) is 1.06. The first-order chi connectivity index (χ1) is 8.69. The van der Waals surface area contributed by atoms with Crippen LogP contribution >= 0.6 is 0 Å². The first-order valence-corrected chi connectivity index (χ1v) is 7.46. The number of carbonyl (C=O) groups is 1. The van der Waals surface area contributed by atoms with Crippen LogP contribution < -0.4 is 16.0 Å². The lowest BCUT2D eigenvalue weighted by atomic mass is 9.84. The summed E-state index contributed by atoms with van der Waals surface area (Å²) in [7, 11) is 0. The molecule has 0 aromatic carbocycles. The molecule has 1 saturated heterocycles. The number of amides is 1. The summed E-state index contributed by atoms with van der Waals surface area (Å²) >= 11 is 0. The molecule has 104 valence electrons. The Morgan fingerprint density at radius 2 is 1.89 bits per heavy atom. The first-order valence-electron chi connectivity index (χ1n) is 7.46. The van der Waals surface area contributed by atoms with Gasteiger partial charge in [0.25, 0.3) is 0 Å². The fraction of sp³-hybridized carbons (Fsp3) is 0.929. The average molecular weight is 253 g/mol. The van der Waals surface area contributed by atoms with Crippen molar-refractivity contribution in [3.8, 4) is 0 Å². The van der Waals surface area contributed by atoms with Crippen LogP contribution in [0.5, 0.6) is 0 Å². The van der Waals surface area contributed by atoms with Gasteiger partial charge < -0.3 is 16.0 Å². The second-order valence-electron chi connectivity index (χ2n) is 5.90. The summed E-state index contributed by atoms with van der Waals surface area (Å²) in [6.07, 6.45) is 6.14. The van der Waals surface area contributed by atoms with E-state index in [1.807, 2.05) is 0 Å². The van der Waals surface area contributed by atoms with E-state index in [-0.39, 0.29) is 11.9 Å². The molecule has 2 atom stereocenters. The molecule has 0 radical (unpaired) electrons. The van der Waals surface area contributed by atoms with Crippen molar-refractivity contribution < 1.29 is 4.79 Å². The lowest BCUT2D eigenvalue weighted by molar-refractivity contribution is -0.124. The second kappa shape index (κ2) is 6.53. The molecule has 18 heavy (non-hydrogen) atoms. The summed E-state index contributed by atoms with van der Waals surface area (Å²) in [6, 6.07) is 0.820. The third-order valence-corrected chi connectivity index (χ3v) is 4.43. The zero-order valence-electron chi connectivity index (χ0n) is 11.7. The first kappa shape index (κ1) is 13.8. The van der Waals surface area contributed by atoms with Crippen LogP contribution in [0.1, 0.15) is 46.0 Å². The van der Waals surface area contributed by atoms with Gasteiger partial charge in [0.2, 0.25) is 5.91 Å². The highest BCUT2D eigenvalue weighted by Gasteiger charge is 2.27. The van der Waals surface area contributed by atoms with Gasteiger partial charge in [0, 0.05) is 25.2 Å². The molecule has 1 aliphatic heterocycles. The smallest absolute Gasteiger partial charge is 0.238 e. The number of carbonyl (C=O) groups excluding carboxylic acids is 1. The lowest BCUT2D eigenvalue weighted by Gasteiger charge is -2.32. The van der Waals surface area contributed by atoms with Gasteiger partial charge in [-0.1, -0.05) is 13.3 Å². The van der Waals surface area contributed by atoms with Gasteiger partial charge in [0.05, 0.1) is 6.04 Å². The maximum atomic E-state index is 12.1. The molecule has 4 heteroatoms. The molecule has 1 amide bonds. The molecule has 0 aromatic heterocycles. The Morgan fingerprint density at radius 3 is 2.44 bits per heavy atom. The Labute approximate surface area is 110 Å². The highest BCUT2D eigenvalue weighted by Crippen LogP contribution is 2.26. The van der Waals surface area contributed by atoms with E-state index in [1.165, 1.54) is 19.3 Å². The molecule has 2 unspecified atom stereocenters.